The van der Waals surface area contributed by atoms with Crippen LogP contribution in [-0.4, -0.2) is 15.8 Å². The molecule has 0 bridgehead atoms. The number of hydrogen-bond acceptors (Lipinski definition) is 2. The van der Waals surface area contributed by atoms with Crippen molar-refractivity contribution >= 4 is 5.69 Å². The summed E-state index contributed by atoms with van der Waals surface area (Å²) in [5.41, 5.74) is 8.43. The summed E-state index contributed by atoms with van der Waals surface area (Å²) in [5, 5.41) is 4.68. The molecule has 0 radical (unpaired) electrons. The lowest BCUT2D eigenvalue weighted by Gasteiger charge is -2.39. The molecule has 3 nitrogen and oxygen atoms in total. The van der Waals surface area contributed by atoms with Crippen LogP contribution in [0.15, 0.2) is 36.8 Å². The van der Waals surface area contributed by atoms with Crippen LogP contribution in [0, 0.1) is 5.92 Å². The lowest BCUT2D eigenvalue weighted by Crippen LogP contribution is -2.36. The molecule has 148 valence electrons. The van der Waals surface area contributed by atoms with E-state index in [1.54, 1.807) is 11.1 Å². The monoisotopic (exact) mass is 375 g/mol. The van der Waals surface area contributed by atoms with E-state index in [0.717, 1.165) is 11.6 Å². The van der Waals surface area contributed by atoms with Crippen molar-refractivity contribution < 1.29 is 0 Å². The third kappa shape index (κ3) is 3.19. The summed E-state index contributed by atoms with van der Waals surface area (Å²) in [6, 6.07) is 5.88. The molecule has 5 rings (SSSR count). The maximum absolute atomic E-state index is 4.68. The van der Waals surface area contributed by atoms with Crippen molar-refractivity contribution in [1.29, 1.82) is 0 Å². The summed E-state index contributed by atoms with van der Waals surface area (Å²) in [6.07, 6.45) is 16.2. The predicted octanol–water partition coefficient (Wildman–Crippen LogP) is 6.29. The van der Waals surface area contributed by atoms with Crippen LogP contribution < -0.4 is 4.90 Å². The van der Waals surface area contributed by atoms with Crippen LogP contribution in [0.2, 0.25) is 0 Å². The molecule has 0 saturated heterocycles. The Morgan fingerprint density at radius 3 is 2.68 bits per heavy atom. The fraction of sp³-hybridized carbons (Fsp3) is 0.560. The van der Waals surface area contributed by atoms with E-state index in [2.05, 4.69) is 59.6 Å². The summed E-state index contributed by atoms with van der Waals surface area (Å²) < 4.78 is 2.19. The van der Waals surface area contributed by atoms with Crippen LogP contribution in [0.25, 0.3) is 11.1 Å². The first-order chi connectivity index (χ1) is 13.6. The summed E-state index contributed by atoms with van der Waals surface area (Å²) >= 11 is 0. The number of aromatic nitrogens is 2. The maximum Gasteiger partial charge on any atom is 0.0568 e. The Labute approximate surface area is 169 Å². The highest BCUT2D eigenvalue weighted by Crippen LogP contribution is 2.42. The molecule has 1 aromatic carbocycles. The fourth-order valence-electron chi connectivity index (χ4n) is 5.19. The van der Waals surface area contributed by atoms with Crippen molar-refractivity contribution in [3.05, 3.63) is 47.9 Å². The van der Waals surface area contributed by atoms with Crippen molar-refractivity contribution in [1.82, 2.24) is 9.78 Å². The van der Waals surface area contributed by atoms with Gasteiger partial charge in [-0.05, 0) is 81.0 Å². The molecular weight excluding hydrogens is 342 g/mol. The number of nitrogens with zero attached hydrogens (tertiary/aromatic N) is 3. The minimum Gasteiger partial charge on any atom is -0.343 e. The van der Waals surface area contributed by atoms with Gasteiger partial charge >= 0.3 is 0 Å². The third-order valence-corrected chi connectivity index (χ3v) is 7.19. The molecule has 2 saturated carbocycles. The molecule has 0 spiro atoms. The highest BCUT2D eigenvalue weighted by atomic mass is 15.3. The standard InChI is InChI=1S/C25H33N3/c1-17(2)28-18(3)7-11-24-23(12-8-19-5-4-6-19)22(13-14-25(24)28)20-15-26-27(16-20)21-9-10-21/h13-16,18-19,21H,1,4-12H2,2-3H3/t18-/m0/s1. The SMILES string of the molecule is C=C(C)N1c2ccc(-c3cnn(C4CC4)c3)c(CCC3CCC3)c2CC[C@@H]1C. The van der Waals surface area contributed by atoms with Crippen LogP contribution in [0.3, 0.4) is 0 Å². The fourth-order valence-corrected chi connectivity index (χ4v) is 5.19. The third-order valence-electron chi connectivity index (χ3n) is 7.19. The van der Waals surface area contributed by atoms with E-state index >= 15 is 0 Å². The zero-order valence-electron chi connectivity index (χ0n) is 17.5. The molecule has 2 fully saturated rings. The van der Waals surface area contributed by atoms with E-state index in [9.17, 15) is 0 Å². The van der Waals surface area contributed by atoms with Gasteiger partial charge < -0.3 is 4.90 Å². The van der Waals surface area contributed by atoms with Crippen LogP contribution >= 0.6 is 0 Å². The first-order valence-corrected chi connectivity index (χ1v) is 11.3. The van der Waals surface area contributed by atoms with Crippen LogP contribution in [0.1, 0.15) is 76.0 Å². The van der Waals surface area contributed by atoms with Gasteiger partial charge in [-0.2, -0.15) is 5.10 Å². The second kappa shape index (κ2) is 7.09. The quantitative estimate of drug-likeness (QED) is 0.591. The Morgan fingerprint density at radius 1 is 1.18 bits per heavy atom. The van der Waals surface area contributed by atoms with Crippen molar-refractivity contribution in [3.8, 4) is 11.1 Å². The average Bonchev–Trinajstić information content (AvgIpc) is 3.37. The van der Waals surface area contributed by atoms with Crippen LogP contribution in [0.4, 0.5) is 5.69 Å². The van der Waals surface area contributed by atoms with E-state index in [-0.39, 0.29) is 0 Å². The summed E-state index contributed by atoms with van der Waals surface area (Å²) in [5.74, 6) is 0.942. The largest absolute Gasteiger partial charge is 0.343 e. The summed E-state index contributed by atoms with van der Waals surface area (Å²) in [4.78, 5) is 2.46. The normalized spacial score (nSPS) is 22.1. The molecule has 28 heavy (non-hydrogen) atoms. The van der Waals surface area contributed by atoms with E-state index in [4.69, 9.17) is 0 Å². The van der Waals surface area contributed by atoms with Gasteiger partial charge in [0.05, 0.1) is 12.2 Å². The van der Waals surface area contributed by atoms with Crippen LogP contribution in [0.5, 0.6) is 0 Å². The van der Waals surface area contributed by atoms with Crippen molar-refractivity contribution in [2.75, 3.05) is 4.90 Å². The number of benzene rings is 1. The Bertz CT molecular complexity index is 885. The maximum atomic E-state index is 4.68. The second-order valence-electron chi connectivity index (χ2n) is 9.36. The number of allylic oxidation sites excluding steroid dienone is 1. The summed E-state index contributed by atoms with van der Waals surface area (Å²) in [7, 11) is 0. The molecule has 1 atom stereocenters. The first kappa shape index (κ1) is 18.0. The van der Waals surface area contributed by atoms with Gasteiger partial charge in [-0.1, -0.05) is 31.9 Å². The molecule has 2 aromatic rings. The van der Waals surface area contributed by atoms with Gasteiger partial charge in [-0.25, -0.2) is 0 Å². The molecule has 0 unspecified atom stereocenters. The zero-order chi connectivity index (χ0) is 19.3. The Kier molecular flexibility index (Phi) is 4.57. The number of fused-ring (bicyclic) bond motifs is 1. The number of anilines is 1. The zero-order valence-corrected chi connectivity index (χ0v) is 17.5. The van der Waals surface area contributed by atoms with Gasteiger partial charge in [0.2, 0.25) is 0 Å². The van der Waals surface area contributed by atoms with Crippen molar-refractivity contribution in [3.63, 3.8) is 0 Å². The van der Waals surface area contributed by atoms with Gasteiger partial charge in [0.1, 0.15) is 0 Å². The van der Waals surface area contributed by atoms with E-state index < -0.39 is 0 Å². The summed E-state index contributed by atoms with van der Waals surface area (Å²) in [6.45, 7) is 8.76. The van der Waals surface area contributed by atoms with Crippen molar-refractivity contribution in [2.45, 2.75) is 83.7 Å². The molecule has 0 amide bonds. The number of hydrogen-bond donors (Lipinski definition) is 0. The minimum atomic E-state index is 0.535. The lowest BCUT2D eigenvalue weighted by atomic mass is 9.79. The number of rotatable bonds is 6. The van der Waals surface area contributed by atoms with E-state index in [0.29, 0.717) is 12.1 Å². The van der Waals surface area contributed by atoms with Gasteiger partial charge in [0.15, 0.2) is 0 Å². The molecule has 0 N–H and O–H groups in total. The molecule has 3 aliphatic rings. The van der Waals surface area contributed by atoms with E-state index in [1.807, 2.05) is 0 Å². The molecule has 1 aromatic heterocycles. The van der Waals surface area contributed by atoms with Gasteiger partial charge in [-0.3, -0.25) is 4.68 Å². The molecule has 3 heteroatoms. The first-order valence-electron chi connectivity index (χ1n) is 11.3. The molecule has 1 aliphatic heterocycles. The smallest absolute Gasteiger partial charge is 0.0568 e. The van der Waals surface area contributed by atoms with Gasteiger partial charge in [0, 0.05) is 29.2 Å². The highest BCUT2D eigenvalue weighted by Gasteiger charge is 2.29. The highest BCUT2D eigenvalue weighted by molar-refractivity contribution is 5.75. The Hall–Kier alpha value is -2.03. The lowest BCUT2D eigenvalue weighted by molar-refractivity contribution is 0.296. The molecule has 2 heterocycles. The second-order valence-corrected chi connectivity index (χ2v) is 9.36. The van der Waals surface area contributed by atoms with Crippen LogP contribution in [-0.2, 0) is 12.8 Å². The predicted molar refractivity (Wildman–Crippen MR) is 117 cm³/mol. The van der Waals surface area contributed by atoms with E-state index in [1.165, 1.54) is 74.6 Å². The molecule has 2 aliphatic carbocycles. The average molecular weight is 376 g/mol. The van der Waals surface area contributed by atoms with Gasteiger partial charge in [-0.15, -0.1) is 0 Å². The molecular formula is C25H33N3. The van der Waals surface area contributed by atoms with Crippen molar-refractivity contribution in [2.24, 2.45) is 5.92 Å². The van der Waals surface area contributed by atoms with Gasteiger partial charge in [0.25, 0.3) is 0 Å². The Morgan fingerprint density at radius 2 is 2.00 bits per heavy atom. The topological polar surface area (TPSA) is 21.1 Å². The Balaban J connectivity index is 1.56. The minimum absolute atomic E-state index is 0.535.